The van der Waals surface area contributed by atoms with Gasteiger partial charge < -0.3 is 19.8 Å². The zero-order chi connectivity index (χ0) is 27.5. The number of carbonyl (C=O) groups is 6. The van der Waals surface area contributed by atoms with Gasteiger partial charge in [0.2, 0.25) is 0 Å². The molecule has 4 aliphatic rings. The predicted molar refractivity (Wildman–Crippen MR) is 130 cm³/mol. The average molecular weight is 621 g/mol. The molecule has 11 heteroatoms. The molecule has 0 aromatic carbocycles. The van der Waals surface area contributed by atoms with Crippen molar-refractivity contribution in [1.82, 2.24) is 9.80 Å². The maximum atomic E-state index is 11.3. The third kappa shape index (κ3) is 9.39. The van der Waals surface area contributed by atoms with Gasteiger partial charge in [0.1, 0.15) is 0 Å². The van der Waals surface area contributed by atoms with Gasteiger partial charge in [0.05, 0.1) is 0 Å². The summed E-state index contributed by atoms with van der Waals surface area (Å²) in [6, 6.07) is 0. The molecular formula is C26H34N2O8Sn. The van der Waals surface area contributed by atoms with Crippen LogP contribution in [0, 0.1) is 23.7 Å². The summed E-state index contributed by atoms with van der Waals surface area (Å²) in [4.78, 5) is 73.8. The fraction of sp³-hybridized carbons (Fsp3) is 0.615. The van der Waals surface area contributed by atoms with Crippen molar-refractivity contribution in [3.63, 3.8) is 0 Å². The van der Waals surface area contributed by atoms with Crippen molar-refractivity contribution < 1.29 is 39.0 Å². The molecule has 4 rings (SSSR count). The summed E-state index contributed by atoms with van der Waals surface area (Å²) in [6.45, 7) is 0.814. The summed E-state index contributed by atoms with van der Waals surface area (Å²) in [5, 5.41) is 21.3. The van der Waals surface area contributed by atoms with Crippen LogP contribution in [0.2, 0.25) is 9.88 Å². The van der Waals surface area contributed by atoms with E-state index in [0.717, 1.165) is 25.7 Å². The summed E-state index contributed by atoms with van der Waals surface area (Å²) in [5.41, 5.74) is 0. The fourth-order valence-electron chi connectivity index (χ4n) is 4.90. The van der Waals surface area contributed by atoms with Gasteiger partial charge in [0, 0.05) is 49.3 Å². The molecule has 200 valence electrons. The van der Waals surface area contributed by atoms with E-state index in [1.807, 2.05) is 0 Å². The van der Waals surface area contributed by atoms with Crippen molar-refractivity contribution in [2.75, 3.05) is 13.1 Å². The van der Waals surface area contributed by atoms with Gasteiger partial charge in [-0.25, -0.2) is 0 Å². The molecule has 0 aromatic heterocycles. The van der Waals surface area contributed by atoms with Crippen LogP contribution in [-0.4, -0.2) is 79.6 Å². The first-order valence-corrected chi connectivity index (χ1v) is 18.3. The second-order valence-electron chi connectivity index (χ2n) is 9.81. The monoisotopic (exact) mass is 622 g/mol. The Kier molecular flexibility index (Phi) is 12.5. The van der Waals surface area contributed by atoms with Crippen LogP contribution in [0.5, 0.6) is 0 Å². The minimum atomic E-state index is -0.988. The number of carbonyl (C=O) groups excluding carboxylic acids is 6. The molecule has 0 unspecified atom stereocenters. The van der Waals surface area contributed by atoms with Crippen molar-refractivity contribution in [3.05, 3.63) is 24.3 Å². The Labute approximate surface area is 227 Å². The predicted octanol–water partition coefficient (Wildman–Crippen LogP) is -0.278. The van der Waals surface area contributed by atoms with Crippen molar-refractivity contribution in [2.45, 2.75) is 61.2 Å². The minimum absolute atomic E-state index is 0.221. The Hall–Kier alpha value is -2.50. The molecule has 37 heavy (non-hydrogen) atoms. The molecule has 0 N–H and O–H groups in total. The molecule has 0 atom stereocenters. The van der Waals surface area contributed by atoms with Gasteiger partial charge in [-0.05, 0) is 75.0 Å². The van der Waals surface area contributed by atoms with Crippen LogP contribution in [0.1, 0.15) is 51.4 Å². The van der Waals surface area contributed by atoms with Crippen LogP contribution in [0.3, 0.4) is 0 Å². The van der Waals surface area contributed by atoms with Crippen molar-refractivity contribution in [2.24, 2.45) is 23.7 Å². The molecule has 0 spiro atoms. The number of hydrogen-bond acceptors (Lipinski definition) is 8. The van der Waals surface area contributed by atoms with Crippen molar-refractivity contribution in [1.29, 1.82) is 0 Å². The van der Waals surface area contributed by atoms with E-state index >= 15 is 0 Å². The molecule has 2 aliphatic heterocycles. The topological polar surface area (TPSA) is 155 Å². The third-order valence-electron chi connectivity index (χ3n) is 7.04. The van der Waals surface area contributed by atoms with Crippen LogP contribution in [-0.2, 0) is 28.8 Å². The van der Waals surface area contributed by atoms with Crippen LogP contribution >= 0.6 is 0 Å². The Morgan fingerprint density at radius 1 is 0.649 bits per heavy atom. The molecule has 0 saturated heterocycles. The quantitative estimate of drug-likeness (QED) is 0.290. The van der Waals surface area contributed by atoms with E-state index in [4.69, 9.17) is 0 Å². The maximum absolute atomic E-state index is 11.3. The van der Waals surface area contributed by atoms with E-state index < -0.39 is 11.9 Å². The summed E-state index contributed by atoms with van der Waals surface area (Å²) in [6.07, 6.45) is 10.3. The molecule has 2 fully saturated rings. The number of carboxylic acids is 2. The Balaban J connectivity index is 0.000000235. The van der Waals surface area contributed by atoms with E-state index in [2.05, 4.69) is 9.88 Å². The molecule has 2 aliphatic carbocycles. The molecule has 10 nitrogen and oxygen atoms in total. The van der Waals surface area contributed by atoms with E-state index in [0.29, 0.717) is 38.8 Å². The number of nitrogens with zero attached hydrogens (tertiary/aromatic N) is 2. The van der Waals surface area contributed by atoms with Crippen LogP contribution in [0.4, 0.5) is 0 Å². The van der Waals surface area contributed by atoms with Crippen LogP contribution in [0.25, 0.3) is 0 Å². The van der Waals surface area contributed by atoms with E-state index in [1.165, 1.54) is 34.1 Å². The molecule has 2 saturated carbocycles. The zero-order valence-electron chi connectivity index (χ0n) is 21.4. The molecule has 0 radical (unpaired) electrons. The van der Waals surface area contributed by atoms with Gasteiger partial charge in [0.15, 0.2) is 0 Å². The number of aliphatic carboxylic acids is 2. The normalized spacial score (nSPS) is 26.8. The third-order valence-corrected chi connectivity index (χ3v) is 7.04. The number of hydrogen-bond donors (Lipinski definition) is 0. The van der Waals surface area contributed by atoms with Gasteiger partial charge in [0.25, 0.3) is 23.6 Å². The molecular weight excluding hydrogens is 587 g/mol. The van der Waals surface area contributed by atoms with E-state index in [-0.39, 0.29) is 68.4 Å². The first-order valence-electron chi connectivity index (χ1n) is 12.6. The molecule has 4 amide bonds. The number of imide groups is 2. The fourth-order valence-corrected chi connectivity index (χ4v) is 4.90. The van der Waals surface area contributed by atoms with Gasteiger partial charge in [-0.15, -0.1) is 0 Å². The van der Waals surface area contributed by atoms with Crippen molar-refractivity contribution in [3.8, 4) is 0 Å². The summed E-state index contributed by atoms with van der Waals surface area (Å²) >= 11 is 0.230. The molecule has 0 bridgehead atoms. The SMILES string of the molecule is O=C([O-])C1CCC(CN2C(=O)C=CC2=O)CC1.O=C([O-])C1CCC(CN2C(=O)C=CC2=O)CC1.[CH3][Sn+2][CH3]. The first kappa shape index (κ1) is 30.7. The Bertz CT molecular complexity index is 821. The number of amides is 4. The Morgan fingerprint density at radius 3 is 1.11 bits per heavy atom. The zero-order valence-corrected chi connectivity index (χ0v) is 24.2. The molecule has 0 aromatic rings. The number of rotatable bonds is 6. The standard InChI is InChI=1S/2C12H15NO4.2CH3.Sn/c2*14-10-5-6-11(15)13(10)7-8-1-3-9(4-2-8)12(16)17;;;/h2*5-6,8-9H,1-4,7H2,(H,16,17);2*1H3;/q;;;;+2/p-2. The van der Waals surface area contributed by atoms with Crippen molar-refractivity contribution >= 4 is 56.7 Å². The van der Waals surface area contributed by atoms with Gasteiger partial charge in [-0.2, -0.15) is 0 Å². The van der Waals surface area contributed by atoms with Crippen LogP contribution < -0.4 is 10.2 Å². The van der Waals surface area contributed by atoms with E-state index in [9.17, 15) is 39.0 Å². The van der Waals surface area contributed by atoms with E-state index in [1.54, 1.807) is 0 Å². The second kappa shape index (κ2) is 15.0. The summed E-state index contributed by atoms with van der Waals surface area (Å²) in [5.74, 6) is -3.33. The summed E-state index contributed by atoms with van der Waals surface area (Å²) < 4.78 is 0. The van der Waals surface area contributed by atoms with Gasteiger partial charge >= 0.3 is 31.0 Å². The molecule has 2 heterocycles. The Morgan fingerprint density at radius 2 is 0.892 bits per heavy atom. The summed E-state index contributed by atoms with van der Waals surface area (Å²) in [7, 11) is 0. The van der Waals surface area contributed by atoms with Gasteiger partial charge in [-0.1, -0.05) is 0 Å². The van der Waals surface area contributed by atoms with Gasteiger partial charge in [-0.3, -0.25) is 29.0 Å². The number of carboxylic acid groups (broad SMARTS) is 2. The second-order valence-corrected chi connectivity index (χ2v) is 12.7. The van der Waals surface area contributed by atoms with Crippen LogP contribution in [0.15, 0.2) is 24.3 Å². The average Bonchev–Trinajstić information content (AvgIpc) is 3.36. The first-order chi connectivity index (χ1) is 17.6.